The van der Waals surface area contributed by atoms with Crippen LogP contribution < -0.4 is 4.90 Å². The molecule has 0 aromatic heterocycles. The lowest BCUT2D eigenvalue weighted by molar-refractivity contribution is -0.866. The molecule has 12 heavy (non-hydrogen) atoms. The van der Waals surface area contributed by atoms with E-state index in [1.807, 2.05) is 0 Å². The molecule has 1 saturated heterocycles. The molecule has 0 amide bonds. The van der Waals surface area contributed by atoms with Gasteiger partial charge in [-0.1, -0.05) is 30.3 Å². The number of hydrogen-bond acceptors (Lipinski definition) is 0. The molecule has 0 spiro atoms. The molecule has 1 heterocycles. The molecule has 2 atom stereocenters. The van der Waals surface area contributed by atoms with Gasteiger partial charge in [0.1, 0.15) is 0 Å². The van der Waals surface area contributed by atoms with Gasteiger partial charge < -0.3 is 4.90 Å². The topological polar surface area (TPSA) is 4.44 Å². The Hall–Kier alpha value is -0.820. The molecule has 0 saturated carbocycles. The standard InChI is InChI=1S/C11H15N/c1-12-8-7-11(9-12)10-5-3-2-4-6-10/h2-6,11H,7-9H2,1H3/p+1/t11-/m0/s1. The minimum atomic E-state index is 0.811. The van der Waals surface area contributed by atoms with Crippen molar-refractivity contribution >= 4 is 0 Å². The van der Waals surface area contributed by atoms with E-state index in [1.165, 1.54) is 25.1 Å². The van der Waals surface area contributed by atoms with E-state index < -0.39 is 0 Å². The Balaban J connectivity index is 2.11. The monoisotopic (exact) mass is 162 g/mol. The molecule has 1 unspecified atom stereocenters. The Bertz CT molecular complexity index is 242. The number of likely N-dealkylation sites (tertiary alicyclic amines) is 1. The Morgan fingerprint density at radius 2 is 2.00 bits per heavy atom. The van der Waals surface area contributed by atoms with Gasteiger partial charge in [-0.15, -0.1) is 0 Å². The Morgan fingerprint density at radius 3 is 2.58 bits per heavy atom. The van der Waals surface area contributed by atoms with Crippen LogP contribution in [0, 0.1) is 0 Å². The van der Waals surface area contributed by atoms with Crippen molar-refractivity contribution < 1.29 is 4.90 Å². The summed E-state index contributed by atoms with van der Waals surface area (Å²) in [7, 11) is 2.28. The van der Waals surface area contributed by atoms with E-state index in [-0.39, 0.29) is 0 Å². The van der Waals surface area contributed by atoms with E-state index in [2.05, 4.69) is 37.4 Å². The fourth-order valence-corrected chi connectivity index (χ4v) is 2.06. The number of hydrogen-bond donors (Lipinski definition) is 1. The summed E-state index contributed by atoms with van der Waals surface area (Å²) in [6.07, 6.45) is 1.36. The summed E-state index contributed by atoms with van der Waals surface area (Å²) < 4.78 is 0. The summed E-state index contributed by atoms with van der Waals surface area (Å²) in [5, 5.41) is 0. The zero-order valence-corrected chi connectivity index (χ0v) is 7.59. The van der Waals surface area contributed by atoms with Gasteiger partial charge in [-0.25, -0.2) is 0 Å². The van der Waals surface area contributed by atoms with Crippen molar-refractivity contribution in [3.05, 3.63) is 35.9 Å². The van der Waals surface area contributed by atoms with Gasteiger partial charge in [0, 0.05) is 12.3 Å². The maximum Gasteiger partial charge on any atom is 0.0840 e. The summed E-state index contributed by atoms with van der Waals surface area (Å²) in [5.41, 5.74) is 1.52. The van der Waals surface area contributed by atoms with Gasteiger partial charge in [-0.05, 0) is 5.56 Å². The van der Waals surface area contributed by atoms with Crippen LogP contribution in [0.3, 0.4) is 0 Å². The fraction of sp³-hybridized carbons (Fsp3) is 0.455. The molecule has 0 bridgehead atoms. The molecular formula is C11H16N+. The number of nitrogens with one attached hydrogen (secondary N) is 1. The van der Waals surface area contributed by atoms with E-state index in [1.54, 1.807) is 4.90 Å². The molecule has 0 radical (unpaired) electrons. The SMILES string of the molecule is C[NH+]1CC[C@H](c2ccccc2)C1. The van der Waals surface area contributed by atoms with Crippen LogP contribution in [0.4, 0.5) is 0 Å². The van der Waals surface area contributed by atoms with E-state index in [4.69, 9.17) is 0 Å². The van der Waals surface area contributed by atoms with Crippen molar-refractivity contribution in [2.45, 2.75) is 12.3 Å². The van der Waals surface area contributed by atoms with Gasteiger partial charge >= 0.3 is 0 Å². The lowest BCUT2D eigenvalue weighted by Crippen LogP contribution is -3.06. The van der Waals surface area contributed by atoms with E-state index in [9.17, 15) is 0 Å². The first-order valence-corrected chi connectivity index (χ1v) is 4.72. The Morgan fingerprint density at radius 1 is 1.25 bits per heavy atom. The van der Waals surface area contributed by atoms with Gasteiger partial charge in [0.05, 0.1) is 20.1 Å². The third kappa shape index (κ3) is 1.51. The normalized spacial score (nSPS) is 29.1. The van der Waals surface area contributed by atoms with Gasteiger partial charge in [0.15, 0.2) is 0 Å². The predicted octanol–water partition coefficient (Wildman–Crippen LogP) is 0.689. The molecule has 1 aromatic rings. The summed E-state index contributed by atoms with van der Waals surface area (Å²) in [4.78, 5) is 1.67. The zero-order valence-electron chi connectivity index (χ0n) is 7.59. The summed E-state index contributed by atoms with van der Waals surface area (Å²) in [6.45, 7) is 2.64. The molecule has 1 aliphatic heterocycles. The molecule has 1 N–H and O–H groups in total. The van der Waals surface area contributed by atoms with Crippen molar-refractivity contribution in [3.63, 3.8) is 0 Å². The van der Waals surface area contributed by atoms with Crippen LogP contribution in [-0.2, 0) is 0 Å². The zero-order chi connectivity index (χ0) is 8.39. The third-order valence-corrected chi connectivity index (χ3v) is 2.79. The molecule has 2 rings (SSSR count). The van der Waals surface area contributed by atoms with E-state index >= 15 is 0 Å². The fourth-order valence-electron chi connectivity index (χ4n) is 2.06. The molecule has 1 aromatic carbocycles. The van der Waals surface area contributed by atoms with Crippen LogP contribution in [0.5, 0.6) is 0 Å². The first-order chi connectivity index (χ1) is 5.86. The number of likely N-dealkylation sites (N-methyl/N-ethyl adjacent to an activating group) is 1. The van der Waals surface area contributed by atoms with Gasteiger partial charge in [0.2, 0.25) is 0 Å². The van der Waals surface area contributed by atoms with Crippen LogP contribution >= 0.6 is 0 Å². The number of quaternary nitrogens is 1. The van der Waals surface area contributed by atoms with E-state index in [0.717, 1.165) is 5.92 Å². The highest BCUT2D eigenvalue weighted by atomic mass is 15.1. The lowest BCUT2D eigenvalue weighted by Gasteiger charge is -2.07. The highest BCUT2D eigenvalue weighted by Gasteiger charge is 2.23. The highest BCUT2D eigenvalue weighted by molar-refractivity contribution is 5.19. The van der Waals surface area contributed by atoms with Crippen LogP contribution in [0.15, 0.2) is 30.3 Å². The predicted molar refractivity (Wildman–Crippen MR) is 50.4 cm³/mol. The van der Waals surface area contributed by atoms with Crippen molar-refractivity contribution in [3.8, 4) is 0 Å². The van der Waals surface area contributed by atoms with E-state index in [0.29, 0.717) is 0 Å². The second kappa shape index (κ2) is 3.28. The second-order valence-corrected chi connectivity index (χ2v) is 3.81. The van der Waals surface area contributed by atoms with Crippen molar-refractivity contribution in [2.24, 2.45) is 0 Å². The number of rotatable bonds is 1. The average Bonchev–Trinajstić information content (AvgIpc) is 2.54. The second-order valence-electron chi connectivity index (χ2n) is 3.81. The summed E-state index contributed by atoms with van der Waals surface area (Å²) in [6, 6.07) is 10.9. The first kappa shape index (κ1) is 7.81. The highest BCUT2D eigenvalue weighted by Crippen LogP contribution is 2.18. The largest absolute Gasteiger partial charge is 0.337 e. The van der Waals surface area contributed by atoms with Crippen LogP contribution in [0.1, 0.15) is 17.9 Å². The first-order valence-electron chi connectivity index (χ1n) is 4.72. The molecule has 64 valence electrons. The minimum absolute atomic E-state index is 0.811. The minimum Gasteiger partial charge on any atom is -0.337 e. The maximum atomic E-state index is 2.28. The summed E-state index contributed by atoms with van der Waals surface area (Å²) in [5.74, 6) is 0.811. The van der Waals surface area contributed by atoms with Crippen LogP contribution in [0.2, 0.25) is 0 Å². The quantitative estimate of drug-likeness (QED) is 0.619. The Labute approximate surface area is 74.0 Å². The van der Waals surface area contributed by atoms with Crippen LogP contribution in [0.25, 0.3) is 0 Å². The van der Waals surface area contributed by atoms with Gasteiger partial charge in [-0.3, -0.25) is 0 Å². The van der Waals surface area contributed by atoms with Crippen molar-refractivity contribution in [2.75, 3.05) is 20.1 Å². The summed E-state index contributed by atoms with van der Waals surface area (Å²) >= 11 is 0. The maximum absolute atomic E-state index is 2.28. The Kier molecular flexibility index (Phi) is 2.13. The van der Waals surface area contributed by atoms with Crippen molar-refractivity contribution in [1.82, 2.24) is 0 Å². The third-order valence-electron chi connectivity index (χ3n) is 2.79. The molecule has 1 aliphatic rings. The molecule has 0 aliphatic carbocycles. The van der Waals surface area contributed by atoms with Crippen LogP contribution in [-0.4, -0.2) is 20.1 Å². The molecular weight excluding hydrogens is 146 g/mol. The van der Waals surface area contributed by atoms with Gasteiger partial charge in [0.25, 0.3) is 0 Å². The average molecular weight is 162 g/mol. The lowest BCUT2D eigenvalue weighted by atomic mass is 9.99. The molecule has 1 heteroatoms. The smallest absolute Gasteiger partial charge is 0.0840 e. The van der Waals surface area contributed by atoms with Crippen molar-refractivity contribution in [1.29, 1.82) is 0 Å². The molecule has 1 fully saturated rings. The molecule has 1 nitrogen and oxygen atoms in total. The number of benzene rings is 1. The van der Waals surface area contributed by atoms with Gasteiger partial charge in [-0.2, -0.15) is 0 Å².